The van der Waals surface area contributed by atoms with Gasteiger partial charge in [0.25, 0.3) is 0 Å². The molecule has 0 fully saturated rings. The lowest BCUT2D eigenvalue weighted by atomic mass is 10.1. The van der Waals surface area contributed by atoms with E-state index in [0.717, 1.165) is 16.5 Å². The summed E-state index contributed by atoms with van der Waals surface area (Å²) in [6, 6.07) is 11.0. The van der Waals surface area contributed by atoms with Gasteiger partial charge in [0.05, 0.1) is 5.02 Å². The maximum atomic E-state index is 6.08. The smallest absolute Gasteiger partial charge is 0.146 e. The van der Waals surface area contributed by atoms with Crippen LogP contribution in [0.3, 0.4) is 0 Å². The van der Waals surface area contributed by atoms with Gasteiger partial charge in [-0.15, -0.1) is 0 Å². The van der Waals surface area contributed by atoms with Crippen molar-refractivity contribution in [2.75, 3.05) is 0 Å². The molecule has 2 aromatic carbocycles. The third-order valence-corrected chi connectivity index (χ3v) is 3.96. The fourth-order valence-electron chi connectivity index (χ4n) is 1.79. The number of rotatable bonds is 4. The van der Waals surface area contributed by atoms with Gasteiger partial charge in [-0.1, -0.05) is 45.2 Å². The molecule has 0 saturated heterocycles. The maximum Gasteiger partial charge on any atom is 0.146 e. The monoisotopic (exact) mass is 373 g/mol. The van der Waals surface area contributed by atoms with Crippen molar-refractivity contribution < 1.29 is 4.74 Å². The topological polar surface area (TPSA) is 35.2 Å². The van der Waals surface area contributed by atoms with E-state index in [-0.39, 0.29) is 6.04 Å². The lowest BCUT2D eigenvalue weighted by Gasteiger charge is -2.11. The quantitative estimate of drug-likeness (QED) is 0.773. The molecular formula is C15H14BrCl2NO. The SMILES string of the molecule is CC(N)Cc1ccc(Oc2ccc(Cl)cc2Cl)cc1Br. The Kier molecular flexibility index (Phi) is 5.33. The average Bonchev–Trinajstić information content (AvgIpc) is 2.36. The summed E-state index contributed by atoms with van der Waals surface area (Å²) in [5.74, 6) is 1.28. The summed E-state index contributed by atoms with van der Waals surface area (Å²) in [7, 11) is 0. The van der Waals surface area contributed by atoms with Gasteiger partial charge in [0.2, 0.25) is 0 Å². The van der Waals surface area contributed by atoms with E-state index in [0.29, 0.717) is 21.5 Å². The number of hydrogen-bond donors (Lipinski definition) is 1. The Morgan fingerprint density at radius 3 is 2.55 bits per heavy atom. The van der Waals surface area contributed by atoms with Gasteiger partial charge in [-0.3, -0.25) is 0 Å². The third kappa shape index (κ3) is 4.13. The first-order chi connectivity index (χ1) is 9.45. The van der Waals surface area contributed by atoms with E-state index in [9.17, 15) is 0 Å². The molecule has 0 aliphatic rings. The molecule has 0 amide bonds. The summed E-state index contributed by atoms with van der Waals surface area (Å²) in [5.41, 5.74) is 6.95. The zero-order chi connectivity index (χ0) is 14.7. The van der Waals surface area contributed by atoms with Crippen molar-refractivity contribution in [2.45, 2.75) is 19.4 Å². The minimum atomic E-state index is 0.115. The molecule has 0 heterocycles. The molecule has 0 saturated carbocycles. The van der Waals surface area contributed by atoms with Gasteiger partial charge in [0.15, 0.2) is 0 Å². The average molecular weight is 375 g/mol. The summed E-state index contributed by atoms with van der Waals surface area (Å²) in [5, 5.41) is 1.06. The predicted octanol–water partition coefficient (Wildman–Crippen LogP) is 5.44. The molecule has 1 unspecified atom stereocenters. The zero-order valence-corrected chi connectivity index (χ0v) is 14.0. The van der Waals surface area contributed by atoms with E-state index in [2.05, 4.69) is 15.9 Å². The van der Waals surface area contributed by atoms with Gasteiger partial charge in [-0.05, 0) is 49.2 Å². The molecule has 0 radical (unpaired) electrons. The van der Waals surface area contributed by atoms with Crippen molar-refractivity contribution in [2.24, 2.45) is 5.73 Å². The highest BCUT2D eigenvalue weighted by Gasteiger charge is 2.07. The molecule has 2 aromatic rings. The highest BCUT2D eigenvalue weighted by molar-refractivity contribution is 9.10. The standard InChI is InChI=1S/C15H14BrCl2NO/c1-9(19)6-10-2-4-12(8-13(10)16)20-15-5-3-11(17)7-14(15)18/h2-5,7-9H,6,19H2,1H3. The highest BCUT2D eigenvalue weighted by Crippen LogP contribution is 2.33. The summed E-state index contributed by atoms with van der Waals surface area (Å²) in [6.07, 6.45) is 0.808. The fraction of sp³-hybridized carbons (Fsp3) is 0.200. The van der Waals surface area contributed by atoms with Crippen LogP contribution in [0.25, 0.3) is 0 Å². The lowest BCUT2D eigenvalue weighted by molar-refractivity contribution is 0.482. The summed E-state index contributed by atoms with van der Waals surface area (Å²) >= 11 is 15.5. The van der Waals surface area contributed by atoms with E-state index in [1.54, 1.807) is 18.2 Å². The second kappa shape index (κ2) is 6.81. The molecule has 0 spiro atoms. The van der Waals surface area contributed by atoms with E-state index >= 15 is 0 Å². The first kappa shape index (κ1) is 15.6. The van der Waals surface area contributed by atoms with Crippen molar-refractivity contribution in [1.29, 1.82) is 0 Å². The zero-order valence-electron chi connectivity index (χ0n) is 10.9. The summed E-state index contributed by atoms with van der Waals surface area (Å²) < 4.78 is 6.72. The fourth-order valence-corrected chi connectivity index (χ4v) is 2.76. The predicted molar refractivity (Wildman–Crippen MR) is 88.0 cm³/mol. The van der Waals surface area contributed by atoms with Crippen molar-refractivity contribution in [3.05, 3.63) is 56.5 Å². The summed E-state index contributed by atoms with van der Waals surface area (Å²) in [6.45, 7) is 1.98. The van der Waals surface area contributed by atoms with Crippen LogP contribution < -0.4 is 10.5 Å². The third-order valence-electron chi connectivity index (χ3n) is 2.69. The Bertz CT molecular complexity index is 617. The molecular weight excluding hydrogens is 361 g/mol. The number of ether oxygens (including phenoxy) is 1. The Morgan fingerprint density at radius 1 is 1.20 bits per heavy atom. The van der Waals surface area contributed by atoms with E-state index in [1.165, 1.54) is 0 Å². The van der Waals surface area contributed by atoms with Crippen LogP contribution in [0, 0.1) is 0 Å². The van der Waals surface area contributed by atoms with Gasteiger partial charge < -0.3 is 10.5 Å². The lowest BCUT2D eigenvalue weighted by Crippen LogP contribution is -2.17. The molecule has 20 heavy (non-hydrogen) atoms. The van der Waals surface area contributed by atoms with Crippen molar-refractivity contribution in [3.63, 3.8) is 0 Å². The Labute approximate surface area is 137 Å². The largest absolute Gasteiger partial charge is 0.456 e. The van der Waals surface area contributed by atoms with Crippen molar-refractivity contribution >= 4 is 39.1 Å². The molecule has 0 aliphatic carbocycles. The second-order valence-corrected chi connectivity index (χ2v) is 6.31. The van der Waals surface area contributed by atoms with Crippen LogP contribution in [-0.4, -0.2) is 6.04 Å². The second-order valence-electron chi connectivity index (χ2n) is 4.61. The van der Waals surface area contributed by atoms with E-state index in [4.69, 9.17) is 33.7 Å². The molecule has 2 N–H and O–H groups in total. The van der Waals surface area contributed by atoms with Crippen LogP contribution in [0.5, 0.6) is 11.5 Å². The first-order valence-corrected chi connectivity index (χ1v) is 7.67. The van der Waals surface area contributed by atoms with Crippen LogP contribution in [0.15, 0.2) is 40.9 Å². The van der Waals surface area contributed by atoms with Gasteiger partial charge >= 0.3 is 0 Å². The molecule has 5 heteroatoms. The highest BCUT2D eigenvalue weighted by atomic mass is 79.9. The van der Waals surface area contributed by atoms with Gasteiger partial charge in [-0.25, -0.2) is 0 Å². The van der Waals surface area contributed by atoms with Crippen LogP contribution in [0.1, 0.15) is 12.5 Å². The minimum Gasteiger partial charge on any atom is -0.456 e. The Balaban J connectivity index is 2.20. The molecule has 2 rings (SSSR count). The van der Waals surface area contributed by atoms with Gasteiger partial charge in [0, 0.05) is 15.5 Å². The number of hydrogen-bond acceptors (Lipinski definition) is 2. The molecule has 2 nitrogen and oxygen atoms in total. The molecule has 0 aliphatic heterocycles. The number of nitrogens with two attached hydrogens (primary N) is 1. The van der Waals surface area contributed by atoms with Crippen LogP contribution in [0.4, 0.5) is 0 Å². The molecule has 0 aromatic heterocycles. The molecule has 1 atom stereocenters. The maximum absolute atomic E-state index is 6.08. The van der Waals surface area contributed by atoms with Crippen molar-refractivity contribution in [1.82, 2.24) is 0 Å². The van der Waals surface area contributed by atoms with Crippen LogP contribution in [0.2, 0.25) is 10.0 Å². The van der Waals surface area contributed by atoms with Gasteiger partial charge in [0.1, 0.15) is 11.5 Å². The van der Waals surface area contributed by atoms with Crippen molar-refractivity contribution in [3.8, 4) is 11.5 Å². The van der Waals surface area contributed by atoms with Gasteiger partial charge in [-0.2, -0.15) is 0 Å². The molecule has 0 bridgehead atoms. The Morgan fingerprint density at radius 2 is 1.95 bits per heavy atom. The Hall–Kier alpha value is -0.740. The summed E-state index contributed by atoms with van der Waals surface area (Å²) in [4.78, 5) is 0. The number of halogens is 3. The van der Waals surface area contributed by atoms with E-state index in [1.807, 2.05) is 25.1 Å². The minimum absolute atomic E-state index is 0.115. The normalized spacial score (nSPS) is 12.2. The van der Waals surface area contributed by atoms with Crippen LogP contribution >= 0.6 is 39.1 Å². The van der Waals surface area contributed by atoms with E-state index < -0.39 is 0 Å². The first-order valence-electron chi connectivity index (χ1n) is 6.12. The van der Waals surface area contributed by atoms with Crippen LogP contribution in [-0.2, 0) is 6.42 Å². The number of benzene rings is 2. The molecule has 106 valence electrons.